The van der Waals surface area contributed by atoms with Gasteiger partial charge in [0.25, 0.3) is 5.91 Å². The van der Waals surface area contributed by atoms with E-state index in [0.29, 0.717) is 45.5 Å². The molecule has 1 fully saturated rings. The molecule has 1 amide bonds. The van der Waals surface area contributed by atoms with Crippen LogP contribution in [0.2, 0.25) is 0 Å². The van der Waals surface area contributed by atoms with E-state index in [2.05, 4.69) is 10.3 Å². The number of thiazole rings is 1. The van der Waals surface area contributed by atoms with Gasteiger partial charge in [0.15, 0.2) is 16.6 Å². The Bertz CT molecular complexity index is 1200. The van der Waals surface area contributed by atoms with E-state index in [1.54, 1.807) is 36.4 Å². The number of carbonyl (C=O) groups excluding carboxylic acids is 1. The van der Waals surface area contributed by atoms with Crippen molar-refractivity contribution >= 4 is 42.6 Å². The second-order valence-electron chi connectivity index (χ2n) is 6.75. The highest BCUT2D eigenvalue weighted by molar-refractivity contribution is 7.89. The van der Waals surface area contributed by atoms with E-state index >= 15 is 0 Å². The SMILES string of the molecule is COc1cccc(C(=O)Nc2nc3ccc(S(=O)(=O)N4CCCC4)cc3s2)c1OC. The smallest absolute Gasteiger partial charge is 0.261 e. The van der Waals surface area contributed by atoms with Crippen LogP contribution >= 0.6 is 11.3 Å². The average Bonchev–Trinajstić information content (AvgIpc) is 3.42. The maximum Gasteiger partial charge on any atom is 0.261 e. The van der Waals surface area contributed by atoms with E-state index in [0.717, 1.165) is 12.8 Å². The van der Waals surface area contributed by atoms with E-state index in [1.807, 2.05) is 0 Å². The molecule has 0 atom stereocenters. The van der Waals surface area contributed by atoms with Crippen molar-refractivity contribution in [1.29, 1.82) is 0 Å². The highest BCUT2D eigenvalue weighted by atomic mass is 32.2. The highest BCUT2D eigenvalue weighted by Gasteiger charge is 2.27. The first-order chi connectivity index (χ1) is 14.4. The van der Waals surface area contributed by atoms with Gasteiger partial charge >= 0.3 is 0 Å². The molecule has 1 N–H and O–H groups in total. The number of carbonyl (C=O) groups is 1. The Morgan fingerprint density at radius 1 is 1.13 bits per heavy atom. The summed E-state index contributed by atoms with van der Waals surface area (Å²) >= 11 is 1.22. The van der Waals surface area contributed by atoms with Crippen LogP contribution < -0.4 is 14.8 Å². The molecule has 1 aliphatic heterocycles. The Labute approximate surface area is 178 Å². The van der Waals surface area contributed by atoms with Crippen molar-refractivity contribution in [2.75, 3.05) is 32.6 Å². The molecule has 1 aromatic heterocycles. The quantitative estimate of drug-likeness (QED) is 0.622. The van der Waals surface area contributed by atoms with E-state index in [1.165, 1.54) is 29.9 Å². The Morgan fingerprint density at radius 3 is 2.60 bits per heavy atom. The largest absolute Gasteiger partial charge is 0.493 e. The number of rotatable bonds is 6. The number of nitrogens with zero attached hydrogens (tertiary/aromatic N) is 2. The summed E-state index contributed by atoms with van der Waals surface area (Å²) in [6.45, 7) is 1.10. The van der Waals surface area contributed by atoms with Crippen LogP contribution in [0.4, 0.5) is 5.13 Å². The van der Waals surface area contributed by atoms with Crippen molar-refractivity contribution in [3.05, 3.63) is 42.0 Å². The van der Waals surface area contributed by atoms with Crippen molar-refractivity contribution < 1.29 is 22.7 Å². The second-order valence-corrected chi connectivity index (χ2v) is 9.72. The van der Waals surface area contributed by atoms with Gasteiger partial charge < -0.3 is 9.47 Å². The first kappa shape index (κ1) is 20.6. The van der Waals surface area contributed by atoms with Gasteiger partial charge in [-0.2, -0.15) is 4.31 Å². The zero-order valence-electron chi connectivity index (χ0n) is 16.5. The minimum Gasteiger partial charge on any atom is -0.493 e. The number of anilines is 1. The van der Waals surface area contributed by atoms with Gasteiger partial charge in [0.05, 0.1) is 34.9 Å². The Morgan fingerprint density at radius 2 is 1.90 bits per heavy atom. The lowest BCUT2D eigenvalue weighted by atomic mass is 10.1. The molecule has 0 aliphatic carbocycles. The average molecular weight is 448 g/mol. The number of para-hydroxylation sites is 1. The van der Waals surface area contributed by atoms with Crippen LogP contribution in [0.25, 0.3) is 10.2 Å². The Balaban J connectivity index is 1.61. The first-order valence-corrected chi connectivity index (χ1v) is 11.6. The third-order valence-corrected chi connectivity index (χ3v) is 7.76. The number of hydrogen-bond donors (Lipinski definition) is 1. The first-order valence-electron chi connectivity index (χ1n) is 9.37. The molecule has 3 aromatic rings. The normalized spacial score (nSPS) is 14.7. The summed E-state index contributed by atoms with van der Waals surface area (Å²) in [7, 11) is -0.541. The molecule has 0 spiro atoms. The van der Waals surface area contributed by atoms with Crippen LogP contribution in [-0.2, 0) is 10.0 Å². The number of sulfonamides is 1. The number of hydrogen-bond acceptors (Lipinski definition) is 7. The molecule has 0 radical (unpaired) electrons. The van der Waals surface area contributed by atoms with Crippen LogP contribution in [0.1, 0.15) is 23.2 Å². The minimum absolute atomic E-state index is 0.243. The van der Waals surface area contributed by atoms with E-state index < -0.39 is 15.9 Å². The number of amides is 1. The Kier molecular flexibility index (Phi) is 5.63. The van der Waals surface area contributed by atoms with Crippen molar-refractivity contribution in [3.8, 4) is 11.5 Å². The molecule has 2 heterocycles. The predicted octanol–water partition coefficient (Wildman–Crippen LogP) is 3.35. The predicted molar refractivity (Wildman–Crippen MR) is 115 cm³/mol. The molecule has 4 rings (SSSR count). The van der Waals surface area contributed by atoms with E-state index in [4.69, 9.17) is 9.47 Å². The maximum absolute atomic E-state index is 12.8. The number of methoxy groups -OCH3 is 2. The molecule has 0 saturated carbocycles. The molecule has 30 heavy (non-hydrogen) atoms. The van der Waals surface area contributed by atoms with Gasteiger partial charge in [0.1, 0.15) is 0 Å². The third-order valence-electron chi connectivity index (χ3n) is 4.93. The van der Waals surface area contributed by atoms with Gasteiger partial charge in [-0.1, -0.05) is 17.4 Å². The lowest BCUT2D eigenvalue weighted by Crippen LogP contribution is -2.27. The third kappa shape index (κ3) is 3.73. The van der Waals surface area contributed by atoms with E-state index in [9.17, 15) is 13.2 Å². The molecule has 0 bridgehead atoms. The number of benzene rings is 2. The van der Waals surface area contributed by atoms with Gasteiger partial charge in [-0.25, -0.2) is 13.4 Å². The fourth-order valence-corrected chi connectivity index (χ4v) is 5.95. The second kappa shape index (κ2) is 8.21. The van der Waals surface area contributed by atoms with Gasteiger partial charge in [-0.15, -0.1) is 0 Å². The summed E-state index contributed by atoms with van der Waals surface area (Å²) in [4.78, 5) is 17.4. The molecule has 8 nitrogen and oxygen atoms in total. The van der Waals surface area contributed by atoms with Gasteiger partial charge in [-0.05, 0) is 43.2 Å². The fraction of sp³-hybridized carbons (Fsp3) is 0.300. The maximum atomic E-state index is 12.8. The molecular weight excluding hydrogens is 426 g/mol. The summed E-state index contributed by atoms with van der Waals surface area (Å²) < 4.78 is 38.3. The van der Waals surface area contributed by atoms with Gasteiger partial charge in [0, 0.05) is 13.1 Å². The lowest BCUT2D eigenvalue weighted by Gasteiger charge is -2.15. The molecule has 10 heteroatoms. The summed E-state index contributed by atoms with van der Waals surface area (Å²) in [5.41, 5.74) is 0.932. The zero-order chi connectivity index (χ0) is 21.3. The van der Waals surface area contributed by atoms with Crippen molar-refractivity contribution in [3.63, 3.8) is 0 Å². The molecule has 1 aliphatic rings. The summed E-state index contributed by atoms with van der Waals surface area (Å²) in [6.07, 6.45) is 1.76. The van der Waals surface area contributed by atoms with Crippen LogP contribution in [0.15, 0.2) is 41.3 Å². The Hall–Kier alpha value is -2.69. The van der Waals surface area contributed by atoms with E-state index in [-0.39, 0.29) is 4.90 Å². The molecule has 158 valence electrons. The van der Waals surface area contributed by atoms with Gasteiger partial charge in [-0.3, -0.25) is 10.1 Å². The van der Waals surface area contributed by atoms with Crippen LogP contribution in [0.3, 0.4) is 0 Å². The molecule has 1 saturated heterocycles. The van der Waals surface area contributed by atoms with Crippen molar-refractivity contribution in [1.82, 2.24) is 9.29 Å². The van der Waals surface area contributed by atoms with Crippen LogP contribution in [0, 0.1) is 0 Å². The standard InChI is InChI=1S/C20H21N3O5S2/c1-27-16-7-5-6-14(18(16)28-2)19(24)22-20-21-15-9-8-13(12-17(15)29-20)30(25,26)23-10-3-4-11-23/h5-9,12H,3-4,10-11H2,1-2H3,(H,21,22,24). The van der Waals surface area contributed by atoms with Crippen LogP contribution in [0.5, 0.6) is 11.5 Å². The monoisotopic (exact) mass is 447 g/mol. The highest BCUT2D eigenvalue weighted by Crippen LogP contribution is 2.33. The van der Waals surface area contributed by atoms with Crippen molar-refractivity contribution in [2.24, 2.45) is 0 Å². The lowest BCUT2D eigenvalue weighted by molar-refractivity contribution is 0.102. The number of aromatic nitrogens is 1. The number of ether oxygens (including phenoxy) is 2. The number of nitrogens with one attached hydrogen (secondary N) is 1. The molecular formula is C20H21N3O5S2. The summed E-state index contributed by atoms with van der Waals surface area (Å²) in [5.74, 6) is 0.388. The summed E-state index contributed by atoms with van der Waals surface area (Å²) in [6, 6.07) is 9.87. The van der Waals surface area contributed by atoms with Crippen molar-refractivity contribution in [2.45, 2.75) is 17.7 Å². The molecule has 2 aromatic carbocycles. The fourth-order valence-electron chi connectivity index (χ4n) is 3.43. The van der Waals surface area contributed by atoms with Gasteiger partial charge in [0.2, 0.25) is 10.0 Å². The minimum atomic E-state index is -3.51. The van der Waals surface area contributed by atoms with Crippen LogP contribution in [-0.4, -0.2) is 50.9 Å². The zero-order valence-corrected chi connectivity index (χ0v) is 18.2. The number of fused-ring (bicyclic) bond motifs is 1. The topological polar surface area (TPSA) is 97.8 Å². The summed E-state index contributed by atoms with van der Waals surface area (Å²) in [5, 5.41) is 3.13. The molecule has 0 unspecified atom stereocenters.